The molecule has 18 heavy (non-hydrogen) atoms. The molecule has 0 bridgehead atoms. The van der Waals surface area contributed by atoms with Gasteiger partial charge in [-0.2, -0.15) is 4.99 Å². The van der Waals surface area contributed by atoms with Gasteiger partial charge in [0.1, 0.15) is 11.3 Å². The van der Waals surface area contributed by atoms with Gasteiger partial charge in [0, 0.05) is 5.56 Å². The van der Waals surface area contributed by atoms with Crippen LogP contribution in [0.4, 0.5) is 0 Å². The van der Waals surface area contributed by atoms with Crippen LogP contribution in [0, 0.1) is 13.8 Å². The third kappa shape index (κ3) is 1.90. The van der Waals surface area contributed by atoms with Crippen LogP contribution in [-0.4, -0.2) is 13.2 Å². The lowest BCUT2D eigenvalue weighted by Crippen LogP contribution is -2.33. The van der Waals surface area contributed by atoms with Gasteiger partial charge in [-0.3, -0.25) is 0 Å². The van der Waals surface area contributed by atoms with Crippen LogP contribution < -0.4 is 4.74 Å². The highest BCUT2D eigenvalue weighted by Crippen LogP contribution is 2.51. The van der Waals surface area contributed by atoms with Crippen LogP contribution in [0.1, 0.15) is 36.0 Å². The summed E-state index contributed by atoms with van der Waals surface area (Å²) in [6.07, 6.45) is 4.58. The fourth-order valence-electron chi connectivity index (χ4n) is 2.71. The number of hydrogen-bond donors (Lipinski definition) is 0. The number of isocyanates is 1. The van der Waals surface area contributed by atoms with Crippen LogP contribution >= 0.6 is 15.9 Å². The fraction of sp³-hybridized carbons (Fsp3) is 0.500. The van der Waals surface area contributed by atoms with Gasteiger partial charge in [0.2, 0.25) is 6.08 Å². The molecular formula is C14H16BrNO2. The predicted octanol–water partition coefficient (Wildman–Crippen LogP) is 3.79. The molecule has 0 heterocycles. The van der Waals surface area contributed by atoms with E-state index < -0.39 is 5.54 Å². The van der Waals surface area contributed by atoms with Crippen LogP contribution in [0.3, 0.4) is 0 Å². The summed E-state index contributed by atoms with van der Waals surface area (Å²) in [4.78, 5) is 14.8. The maximum absolute atomic E-state index is 10.7. The van der Waals surface area contributed by atoms with E-state index in [-0.39, 0.29) is 0 Å². The molecular weight excluding hydrogens is 294 g/mol. The standard InChI is InChI=1S/C14H16BrNO2/c1-9-7-10(2)12(15)13(18-3)11(9)14(16-8-17)5-4-6-14/h7H,4-6H2,1-3H3. The molecule has 0 saturated heterocycles. The lowest BCUT2D eigenvalue weighted by Gasteiger charge is -2.39. The molecule has 2 rings (SSSR count). The minimum Gasteiger partial charge on any atom is -0.495 e. The monoisotopic (exact) mass is 309 g/mol. The molecule has 0 atom stereocenters. The first-order valence-electron chi connectivity index (χ1n) is 5.99. The second-order valence-corrected chi connectivity index (χ2v) is 5.61. The number of benzene rings is 1. The van der Waals surface area contributed by atoms with Gasteiger partial charge in [0.25, 0.3) is 0 Å². The molecule has 1 aliphatic rings. The highest BCUT2D eigenvalue weighted by molar-refractivity contribution is 9.10. The van der Waals surface area contributed by atoms with E-state index in [1.165, 1.54) is 0 Å². The van der Waals surface area contributed by atoms with Crippen LogP contribution in [0.15, 0.2) is 15.5 Å². The molecule has 0 radical (unpaired) electrons. The van der Waals surface area contributed by atoms with Crippen molar-refractivity contribution >= 4 is 22.0 Å². The Balaban J connectivity index is 2.70. The van der Waals surface area contributed by atoms with E-state index in [1.54, 1.807) is 13.2 Å². The van der Waals surface area contributed by atoms with Crippen molar-refractivity contribution in [3.8, 4) is 5.75 Å². The van der Waals surface area contributed by atoms with E-state index in [0.717, 1.165) is 46.2 Å². The predicted molar refractivity (Wildman–Crippen MR) is 73.8 cm³/mol. The number of nitrogens with zero attached hydrogens (tertiary/aromatic N) is 1. The summed E-state index contributed by atoms with van der Waals surface area (Å²) in [5.41, 5.74) is 2.84. The largest absolute Gasteiger partial charge is 0.495 e. The Bertz CT molecular complexity index is 529. The van der Waals surface area contributed by atoms with Crippen molar-refractivity contribution in [2.24, 2.45) is 4.99 Å². The molecule has 0 spiro atoms. The average molecular weight is 310 g/mol. The van der Waals surface area contributed by atoms with E-state index in [1.807, 2.05) is 13.8 Å². The minimum absolute atomic E-state index is 0.423. The zero-order chi connectivity index (χ0) is 13.3. The molecule has 1 aromatic rings. The Morgan fingerprint density at radius 2 is 2.06 bits per heavy atom. The van der Waals surface area contributed by atoms with E-state index in [2.05, 4.69) is 27.0 Å². The van der Waals surface area contributed by atoms with E-state index in [0.29, 0.717) is 0 Å². The molecule has 1 fully saturated rings. The van der Waals surface area contributed by atoms with Gasteiger partial charge >= 0.3 is 0 Å². The third-order valence-electron chi connectivity index (χ3n) is 3.71. The second kappa shape index (κ2) is 4.87. The number of methoxy groups -OCH3 is 1. The van der Waals surface area contributed by atoms with Gasteiger partial charge < -0.3 is 4.74 Å². The van der Waals surface area contributed by atoms with Crippen molar-refractivity contribution in [1.82, 2.24) is 0 Å². The third-order valence-corrected chi connectivity index (χ3v) is 4.70. The smallest absolute Gasteiger partial charge is 0.235 e. The van der Waals surface area contributed by atoms with Crippen molar-refractivity contribution in [2.75, 3.05) is 7.11 Å². The average Bonchev–Trinajstić information content (AvgIpc) is 2.29. The summed E-state index contributed by atoms with van der Waals surface area (Å²) in [5, 5.41) is 0. The number of ether oxygens (including phenoxy) is 1. The number of halogens is 1. The highest BCUT2D eigenvalue weighted by Gasteiger charge is 2.42. The number of carbonyl (C=O) groups excluding carboxylic acids is 1. The van der Waals surface area contributed by atoms with Gasteiger partial charge in [0.05, 0.1) is 11.6 Å². The summed E-state index contributed by atoms with van der Waals surface area (Å²) >= 11 is 3.56. The van der Waals surface area contributed by atoms with Crippen molar-refractivity contribution < 1.29 is 9.53 Å². The van der Waals surface area contributed by atoms with Crippen molar-refractivity contribution in [3.05, 3.63) is 27.2 Å². The molecule has 1 saturated carbocycles. The van der Waals surface area contributed by atoms with E-state index >= 15 is 0 Å². The van der Waals surface area contributed by atoms with Crippen LogP contribution in [0.2, 0.25) is 0 Å². The van der Waals surface area contributed by atoms with Gasteiger partial charge in [-0.05, 0) is 60.2 Å². The molecule has 0 aliphatic heterocycles. The summed E-state index contributed by atoms with van der Waals surface area (Å²) in [6.45, 7) is 4.07. The summed E-state index contributed by atoms with van der Waals surface area (Å²) < 4.78 is 6.47. The Labute approximate surface area is 115 Å². The highest BCUT2D eigenvalue weighted by atomic mass is 79.9. The Morgan fingerprint density at radius 1 is 1.39 bits per heavy atom. The van der Waals surface area contributed by atoms with Crippen LogP contribution in [-0.2, 0) is 10.3 Å². The lowest BCUT2D eigenvalue weighted by atomic mass is 9.70. The molecule has 96 valence electrons. The van der Waals surface area contributed by atoms with Crippen LogP contribution in [0.25, 0.3) is 0 Å². The number of rotatable bonds is 3. The molecule has 1 aromatic carbocycles. The van der Waals surface area contributed by atoms with Gasteiger partial charge in [-0.25, -0.2) is 4.79 Å². The summed E-state index contributed by atoms with van der Waals surface area (Å²) in [6, 6.07) is 2.10. The molecule has 3 nitrogen and oxygen atoms in total. The quantitative estimate of drug-likeness (QED) is 0.629. The summed E-state index contributed by atoms with van der Waals surface area (Å²) in [7, 11) is 1.65. The van der Waals surface area contributed by atoms with E-state index in [4.69, 9.17) is 4.74 Å². The molecule has 0 aromatic heterocycles. The van der Waals surface area contributed by atoms with Crippen molar-refractivity contribution in [2.45, 2.75) is 38.6 Å². The fourth-order valence-corrected chi connectivity index (χ4v) is 3.19. The molecule has 4 heteroatoms. The SMILES string of the molecule is COc1c(Br)c(C)cc(C)c1C1(N=C=O)CCC1. The zero-order valence-corrected chi connectivity index (χ0v) is 12.4. The van der Waals surface area contributed by atoms with Gasteiger partial charge in [0.15, 0.2) is 0 Å². The summed E-state index contributed by atoms with van der Waals surface area (Å²) in [5.74, 6) is 0.797. The second-order valence-electron chi connectivity index (χ2n) is 4.82. The topological polar surface area (TPSA) is 38.7 Å². The maximum Gasteiger partial charge on any atom is 0.235 e. The molecule has 0 N–H and O–H groups in total. The number of aryl methyl sites for hydroxylation is 2. The number of hydrogen-bond acceptors (Lipinski definition) is 3. The Kier molecular flexibility index (Phi) is 3.60. The molecule has 0 amide bonds. The van der Waals surface area contributed by atoms with Gasteiger partial charge in [-0.15, -0.1) is 0 Å². The number of aliphatic imine (C=N–C) groups is 1. The molecule has 1 aliphatic carbocycles. The zero-order valence-electron chi connectivity index (χ0n) is 10.8. The van der Waals surface area contributed by atoms with Crippen LogP contribution in [0.5, 0.6) is 5.75 Å². The Morgan fingerprint density at radius 3 is 2.50 bits per heavy atom. The first kappa shape index (κ1) is 13.3. The lowest BCUT2D eigenvalue weighted by molar-refractivity contribution is 0.244. The van der Waals surface area contributed by atoms with Crippen molar-refractivity contribution in [1.29, 1.82) is 0 Å². The first-order chi connectivity index (χ1) is 8.55. The maximum atomic E-state index is 10.7. The Hall–Kier alpha value is -1.12. The normalized spacial score (nSPS) is 16.7. The first-order valence-corrected chi connectivity index (χ1v) is 6.78. The molecule has 0 unspecified atom stereocenters. The van der Waals surface area contributed by atoms with Crippen molar-refractivity contribution in [3.63, 3.8) is 0 Å². The van der Waals surface area contributed by atoms with E-state index in [9.17, 15) is 4.79 Å². The van der Waals surface area contributed by atoms with Gasteiger partial charge in [-0.1, -0.05) is 6.07 Å². The minimum atomic E-state index is -0.423.